The number of nitrogens with zero attached hydrogens (tertiary/aromatic N) is 4. The zero-order valence-electron chi connectivity index (χ0n) is 37.7. The summed E-state index contributed by atoms with van der Waals surface area (Å²) in [7, 11) is 5.55. The molecular weight excluding hydrogens is 821 g/mol. The Morgan fingerprint density at radius 3 is 1.95 bits per heavy atom. The highest BCUT2D eigenvalue weighted by Gasteiger charge is 2.45. The molecule has 4 N–H and O–H groups in total. The summed E-state index contributed by atoms with van der Waals surface area (Å²) >= 11 is 0. The number of nitrogens with one attached hydrogen (secondary N) is 4. The van der Waals surface area contributed by atoms with Crippen LogP contribution < -0.4 is 15.4 Å². The first-order chi connectivity index (χ1) is 30.9. The van der Waals surface area contributed by atoms with Crippen LogP contribution in [-0.2, 0) is 35.1 Å². The lowest BCUT2D eigenvalue weighted by Gasteiger charge is -2.34. The average molecular weight is 879 g/mol. The molecule has 8 atom stereocenters. The molecule has 340 valence electrons. The Bertz CT molecular complexity index is 2560. The Balaban J connectivity index is 1.05. The Morgan fingerprint density at radius 1 is 0.766 bits per heavy atom. The SMILES string of the molecule is CC[C@H]1CC[C@@H](c2ncc(-c3ccc4c(c3)COc3cc5c(ccc6[nH]c([C@@H]7CC[C@H](CC)N7C(=O)[C@@H](NC(=O)OC)[C@@H](C)OC)nc65)cc3-4)[nH]2)N1C(=O)[C@@H](NC(=O)OC)[C@@H](C)OC. The first kappa shape index (κ1) is 44.4. The number of methoxy groups -OCH3 is 4. The number of H-pyrrole nitrogens is 2. The van der Waals surface area contributed by atoms with Gasteiger partial charge in [0.05, 0.1) is 61.4 Å². The number of carbonyl (C=O) groups excluding carboxylic acids is 4. The molecular formula is C47H58N8O9. The number of aromatic nitrogens is 4. The molecule has 17 nitrogen and oxygen atoms in total. The molecule has 0 spiro atoms. The summed E-state index contributed by atoms with van der Waals surface area (Å²) in [5.41, 5.74) is 6.45. The lowest BCUT2D eigenvalue weighted by atomic mass is 9.92. The summed E-state index contributed by atoms with van der Waals surface area (Å²) < 4.78 is 27.1. The second kappa shape index (κ2) is 18.5. The molecule has 4 amide bonds. The lowest BCUT2D eigenvalue weighted by molar-refractivity contribution is -0.140. The summed E-state index contributed by atoms with van der Waals surface area (Å²) in [6, 6.07) is 12.0. The van der Waals surface area contributed by atoms with Crippen LogP contribution in [-0.4, -0.2) is 119 Å². The van der Waals surface area contributed by atoms with E-state index in [0.717, 1.165) is 87.6 Å². The van der Waals surface area contributed by atoms with Crippen molar-refractivity contribution in [3.8, 4) is 28.1 Å². The second-order valence-corrected chi connectivity index (χ2v) is 16.9. The molecule has 2 saturated heterocycles. The largest absolute Gasteiger partial charge is 0.488 e. The molecule has 0 bridgehead atoms. The molecule has 8 rings (SSSR count). The van der Waals surface area contributed by atoms with Crippen LogP contribution in [0.1, 0.15) is 95.5 Å². The fourth-order valence-corrected chi connectivity index (χ4v) is 9.78. The number of imidazole rings is 2. The monoisotopic (exact) mass is 878 g/mol. The van der Waals surface area contributed by atoms with Crippen LogP contribution in [0.2, 0.25) is 0 Å². The molecule has 5 heterocycles. The van der Waals surface area contributed by atoms with Gasteiger partial charge in [0.1, 0.15) is 36.1 Å². The van der Waals surface area contributed by atoms with Crippen molar-refractivity contribution >= 4 is 45.8 Å². The first-order valence-corrected chi connectivity index (χ1v) is 22.1. The zero-order valence-corrected chi connectivity index (χ0v) is 37.7. The van der Waals surface area contributed by atoms with E-state index in [0.29, 0.717) is 24.7 Å². The van der Waals surface area contributed by atoms with Gasteiger partial charge in [0.2, 0.25) is 11.8 Å². The maximum absolute atomic E-state index is 14.2. The fraction of sp³-hybridized carbons (Fsp3) is 0.489. The van der Waals surface area contributed by atoms with Crippen molar-refractivity contribution < 1.29 is 42.9 Å². The van der Waals surface area contributed by atoms with Crippen LogP contribution in [0.25, 0.3) is 44.2 Å². The molecule has 17 heteroatoms. The van der Waals surface area contributed by atoms with Gasteiger partial charge in [0.25, 0.3) is 0 Å². The van der Waals surface area contributed by atoms with Crippen LogP contribution in [0.4, 0.5) is 9.59 Å². The Hall–Kier alpha value is -6.20. The molecule has 0 saturated carbocycles. The minimum atomic E-state index is -0.936. The van der Waals surface area contributed by atoms with Gasteiger partial charge in [-0.25, -0.2) is 19.6 Å². The van der Waals surface area contributed by atoms with Crippen LogP contribution in [0.15, 0.2) is 48.7 Å². The molecule has 3 aliphatic heterocycles. The van der Waals surface area contributed by atoms with Crippen molar-refractivity contribution in [2.75, 3.05) is 28.4 Å². The van der Waals surface area contributed by atoms with E-state index in [1.54, 1.807) is 20.0 Å². The van der Waals surface area contributed by atoms with Crippen molar-refractivity contribution in [1.82, 2.24) is 40.4 Å². The number of carbonyl (C=O) groups is 4. The smallest absolute Gasteiger partial charge is 0.407 e. The fourth-order valence-electron chi connectivity index (χ4n) is 9.78. The van der Waals surface area contributed by atoms with Gasteiger partial charge in [-0.3, -0.25) is 9.59 Å². The lowest BCUT2D eigenvalue weighted by Crippen LogP contribution is -2.55. The minimum absolute atomic E-state index is 0.0244. The predicted molar refractivity (Wildman–Crippen MR) is 238 cm³/mol. The number of rotatable bonds is 13. The van der Waals surface area contributed by atoms with Gasteiger partial charge in [-0.2, -0.15) is 0 Å². The highest BCUT2D eigenvalue weighted by Crippen LogP contribution is 2.44. The molecule has 2 aromatic heterocycles. The quantitative estimate of drug-likeness (QED) is 0.0943. The van der Waals surface area contributed by atoms with Gasteiger partial charge in [-0.1, -0.05) is 32.0 Å². The highest BCUT2D eigenvalue weighted by atomic mass is 16.5. The number of likely N-dealkylation sites (tertiary alicyclic amines) is 2. The van der Waals surface area contributed by atoms with E-state index < -0.39 is 36.5 Å². The van der Waals surface area contributed by atoms with Crippen molar-refractivity contribution in [3.63, 3.8) is 0 Å². The summed E-state index contributed by atoms with van der Waals surface area (Å²) in [6.07, 6.45) is 3.79. The topological polar surface area (TPSA) is 202 Å². The van der Waals surface area contributed by atoms with Gasteiger partial charge >= 0.3 is 12.2 Å². The molecule has 0 aliphatic carbocycles. The van der Waals surface area contributed by atoms with E-state index in [4.69, 9.17) is 33.7 Å². The van der Waals surface area contributed by atoms with Gasteiger partial charge in [-0.15, -0.1) is 0 Å². The normalized spacial score (nSPS) is 21.1. The molecule has 0 unspecified atom stereocenters. The molecule has 2 fully saturated rings. The number of ether oxygens (including phenoxy) is 5. The Kier molecular flexibility index (Phi) is 12.8. The minimum Gasteiger partial charge on any atom is -0.488 e. The summed E-state index contributed by atoms with van der Waals surface area (Å²) in [6.45, 7) is 7.97. The number of amides is 4. The average Bonchev–Trinajstić information content (AvgIpc) is 4.16. The number of fused-ring (bicyclic) bond motifs is 6. The molecule has 0 radical (unpaired) electrons. The third-order valence-corrected chi connectivity index (χ3v) is 13.5. The third kappa shape index (κ3) is 8.10. The van der Waals surface area contributed by atoms with Crippen LogP contribution in [0, 0.1) is 0 Å². The Morgan fingerprint density at radius 2 is 1.38 bits per heavy atom. The molecule has 3 aliphatic rings. The molecule has 3 aromatic carbocycles. The van der Waals surface area contributed by atoms with Crippen molar-refractivity contribution in [2.45, 2.75) is 121 Å². The number of aromatic amines is 2. The summed E-state index contributed by atoms with van der Waals surface area (Å²) in [5.74, 6) is 1.63. The summed E-state index contributed by atoms with van der Waals surface area (Å²) in [5, 5.41) is 7.29. The number of alkyl carbamates (subject to hydrolysis) is 2. The van der Waals surface area contributed by atoms with E-state index in [1.807, 2.05) is 15.9 Å². The number of hydrogen-bond acceptors (Lipinski definition) is 11. The van der Waals surface area contributed by atoms with Crippen molar-refractivity contribution in [3.05, 3.63) is 65.9 Å². The van der Waals surface area contributed by atoms with E-state index in [2.05, 4.69) is 70.8 Å². The van der Waals surface area contributed by atoms with Crippen molar-refractivity contribution in [1.29, 1.82) is 0 Å². The maximum atomic E-state index is 14.2. The highest BCUT2D eigenvalue weighted by molar-refractivity contribution is 6.07. The van der Waals surface area contributed by atoms with E-state index in [1.165, 1.54) is 28.4 Å². The second-order valence-electron chi connectivity index (χ2n) is 16.9. The zero-order chi connectivity index (χ0) is 45.4. The van der Waals surface area contributed by atoms with Crippen molar-refractivity contribution in [2.24, 2.45) is 0 Å². The maximum Gasteiger partial charge on any atom is 0.407 e. The van der Waals surface area contributed by atoms with E-state index >= 15 is 0 Å². The molecule has 64 heavy (non-hydrogen) atoms. The Labute approximate surface area is 371 Å². The van der Waals surface area contributed by atoms with E-state index in [9.17, 15) is 19.2 Å². The van der Waals surface area contributed by atoms with Gasteiger partial charge in [0, 0.05) is 37.3 Å². The van der Waals surface area contributed by atoms with Gasteiger partial charge in [-0.05, 0) is 98.7 Å². The van der Waals surface area contributed by atoms with Gasteiger partial charge in [0.15, 0.2) is 0 Å². The van der Waals surface area contributed by atoms with E-state index in [-0.39, 0.29) is 36.0 Å². The summed E-state index contributed by atoms with van der Waals surface area (Å²) in [4.78, 5) is 73.5. The van der Waals surface area contributed by atoms with Crippen LogP contribution in [0.5, 0.6) is 5.75 Å². The third-order valence-electron chi connectivity index (χ3n) is 13.5. The van der Waals surface area contributed by atoms with Gasteiger partial charge < -0.3 is 54.1 Å². The molecule has 5 aromatic rings. The standard InChI is InChI=1S/C47H58N8O9/c1-9-29-13-17-36(54(29)44(56)39(24(3)60-5)52-46(58)62-7)42-48-22-35(50-42)27-11-15-31-28(19-27)23-64-38-21-32-26(20-33(31)38)12-16-34-41(32)51-43(49-34)37-18-14-30(10-2)55(37)45(57)40(25(4)61-6)53-47(59)63-8/h11-12,15-16,19-22,24-25,29-30,36-37,39-40H,9-10,13-14,17-18,23H2,1-8H3,(H,48,50)(H,49,51)(H,52,58)(H,53,59)/t24-,25-,29+,30+,36+,37+,39+,40+/m1/s1. The van der Waals surface area contributed by atoms with Crippen LogP contribution >= 0.6 is 0 Å². The predicted octanol–water partition coefficient (Wildman–Crippen LogP) is 7.07. The number of hydrogen-bond donors (Lipinski definition) is 4. The number of benzene rings is 3. The van der Waals surface area contributed by atoms with Crippen LogP contribution in [0.3, 0.4) is 0 Å². The first-order valence-electron chi connectivity index (χ1n) is 22.1.